The number of piperidine rings is 1. The van der Waals surface area contributed by atoms with Crippen molar-refractivity contribution in [3.63, 3.8) is 0 Å². The van der Waals surface area contributed by atoms with Crippen LogP contribution in [-0.2, 0) is 0 Å². The van der Waals surface area contributed by atoms with Crippen LogP contribution in [0.25, 0.3) is 0 Å². The number of carbonyl (C=O) groups excluding carboxylic acids is 1. The van der Waals surface area contributed by atoms with Gasteiger partial charge in [-0.1, -0.05) is 23.2 Å². The zero-order valence-electron chi connectivity index (χ0n) is 15.7. The van der Waals surface area contributed by atoms with E-state index in [1.807, 2.05) is 27.0 Å². The number of benzene rings is 1. The number of urea groups is 1. The van der Waals surface area contributed by atoms with Crippen LogP contribution in [0, 0.1) is 13.8 Å². The summed E-state index contributed by atoms with van der Waals surface area (Å²) in [5, 5.41) is 3.83. The molecule has 0 radical (unpaired) electrons. The van der Waals surface area contributed by atoms with Crippen molar-refractivity contribution in [2.75, 3.05) is 30.4 Å². The van der Waals surface area contributed by atoms with E-state index in [1.54, 1.807) is 23.1 Å². The number of hydrogen-bond donors (Lipinski definition) is 1. The number of nitrogens with one attached hydrogen (secondary N) is 1. The van der Waals surface area contributed by atoms with Crippen LogP contribution in [0.5, 0.6) is 0 Å². The molecule has 0 bridgehead atoms. The van der Waals surface area contributed by atoms with Crippen LogP contribution in [0.4, 0.5) is 16.3 Å². The van der Waals surface area contributed by atoms with Crippen LogP contribution in [-0.4, -0.2) is 47.1 Å². The van der Waals surface area contributed by atoms with Gasteiger partial charge in [-0.3, -0.25) is 0 Å². The fourth-order valence-electron chi connectivity index (χ4n) is 3.30. The average Bonchev–Trinajstić information content (AvgIpc) is 2.63. The first kappa shape index (κ1) is 19.7. The second kappa shape index (κ2) is 8.31. The Morgan fingerprint density at radius 3 is 2.56 bits per heavy atom. The summed E-state index contributed by atoms with van der Waals surface area (Å²) >= 11 is 12.1. The molecule has 1 saturated heterocycles. The fourth-order valence-corrected chi connectivity index (χ4v) is 3.64. The minimum Gasteiger partial charge on any atom is -0.356 e. The molecule has 1 aromatic heterocycles. The van der Waals surface area contributed by atoms with E-state index in [-0.39, 0.29) is 12.1 Å². The number of carbonyl (C=O) groups is 1. The first-order valence-corrected chi connectivity index (χ1v) is 9.65. The summed E-state index contributed by atoms with van der Waals surface area (Å²) in [5.74, 6) is 1.73. The van der Waals surface area contributed by atoms with Gasteiger partial charge in [-0.05, 0) is 44.9 Å². The molecule has 2 amide bonds. The Morgan fingerprint density at radius 1 is 1.19 bits per heavy atom. The molecule has 0 aliphatic carbocycles. The molecule has 0 atom stereocenters. The molecular weight excluding hydrogens is 385 g/mol. The van der Waals surface area contributed by atoms with Gasteiger partial charge in [-0.2, -0.15) is 0 Å². The molecular formula is C19H23Cl2N5O. The number of rotatable bonds is 3. The molecule has 2 heterocycles. The van der Waals surface area contributed by atoms with E-state index in [0.717, 1.165) is 43.3 Å². The summed E-state index contributed by atoms with van der Waals surface area (Å²) < 4.78 is 0. The Morgan fingerprint density at radius 2 is 1.89 bits per heavy atom. The van der Waals surface area contributed by atoms with Crippen LogP contribution in [0.3, 0.4) is 0 Å². The number of aryl methyl sites for hydroxylation is 2. The van der Waals surface area contributed by atoms with Crippen molar-refractivity contribution >= 4 is 40.7 Å². The smallest absolute Gasteiger partial charge is 0.321 e. The molecule has 1 aliphatic heterocycles. The van der Waals surface area contributed by atoms with Crippen molar-refractivity contribution in [2.45, 2.75) is 32.7 Å². The summed E-state index contributed by atoms with van der Waals surface area (Å²) in [6, 6.07) is 6.98. The summed E-state index contributed by atoms with van der Waals surface area (Å²) in [7, 11) is 1.81. The molecule has 1 N–H and O–H groups in total. The van der Waals surface area contributed by atoms with E-state index < -0.39 is 0 Å². The molecule has 3 rings (SSSR count). The topological polar surface area (TPSA) is 61.4 Å². The summed E-state index contributed by atoms with van der Waals surface area (Å²) in [6.07, 6.45) is 1.74. The lowest BCUT2D eigenvalue weighted by molar-refractivity contribution is 0.193. The van der Waals surface area contributed by atoms with Crippen molar-refractivity contribution in [1.29, 1.82) is 0 Å². The van der Waals surface area contributed by atoms with Gasteiger partial charge in [0.2, 0.25) is 0 Å². The predicted molar refractivity (Wildman–Crippen MR) is 110 cm³/mol. The molecule has 27 heavy (non-hydrogen) atoms. The van der Waals surface area contributed by atoms with Gasteiger partial charge in [0.05, 0.1) is 10.7 Å². The zero-order valence-corrected chi connectivity index (χ0v) is 17.2. The highest BCUT2D eigenvalue weighted by Crippen LogP contribution is 2.26. The standard InChI is InChI=1S/C19H23Cl2N5O/c1-12-10-18(23-13(2)22-12)26-8-6-15(7-9-26)25(3)19(27)24-17-11-14(20)4-5-16(17)21/h4-5,10-11,15H,6-9H2,1-3H3,(H,24,27). The lowest BCUT2D eigenvalue weighted by Crippen LogP contribution is -2.47. The molecule has 0 saturated carbocycles. The lowest BCUT2D eigenvalue weighted by atomic mass is 10.0. The maximum atomic E-state index is 12.6. The molecule has 2 aromatic rings. The molecule has 144 valence electrons. The van der Waals surface area contributed by atoms with Crippen LogP contribution < -0.4 is 10.2 Å². The third-order valence-electron chi connectivity index (χ3n) is 4.78. The summed E-state index contributed by atoms with van der Waals surface area (Å²) in [5.41, 5.74) is 1.49. The van der Waals surface area contributed by atoms with Gasteiger partial charge in [0, 0.05) is 43.0 Å². The minimum absolute atomic E-state index is 0.156. The van der Waals surface area contributed by atoms with Gasteiger partial charge >= 0.3 is 6.03 Å². The van der Waals surface area contributed by atoms with Crippen molar-refractivity contribution in [3.8, 4) is 0 Å². The zero-order chi connectivity index (χ0) is 19.6. The Labute approximate surface area is 169 Å². The molecule has 1 aromatic carbocycles. The van der Waals surface area contributed by atoms with Gasteiger partial charge in [0.15, 0.2) is 0 Å². The highest BCUT2D eigenvalue weighted by molar-refractivity contribution is 6.35. The lowest BCUT2D eigenvalue weighted by Gasteiger charge is -2.37. The number of anilines is 2. The predicted octanol–water partition coefficient (Wildman–Crippen LogP) is 4.53. The molecule has 0 spiro atoms. The van der Waals surface area contributed by atoms with E-state index in [1.165, 1.54) is 0 Å². The largest absolute Gasteiger partial charge is 0.356 e. The van der Waals surface area contributed by atoms with Crippen LogP contribution >= 0.6 is 23.2 Å². The molecule has 0 unspecified atom stereocenters. The Balaban J connectivity index is 1.60. The van der Waals surface area contributed by atoms with Gasteiger partial charge in [0.25, 0.3) is 0 Å². The third kappa shape index (κ3) is 4.82. The molecule has 8 heteroatoms. The Hall–Kier alpha value is -2.05. The van der Waals surface area contributed by atoms with Crippen LogP contribution in [0.15, 0.2) is 24.3 Å². The van der Waals surface area contributed by atoms with E-state index in [2.05, 4.69) is 20.2 Å². The maximum Gasteiger partial charge on any atom is 0.321 e. The number of nitrogens with zero attached hydrogens (tertiary/aromatic N) is 4. The first-order valence-electron chi connectivity index (χ1n) is 8.89. The van der Waals surface area contributed by atoms with E-state index >= 15 is 0 Å². The van der Waals surface area contributed by atoms with Crippen molar-refractivity contribution in [2.24, 2.45) is 0 Å². The second-order valence-electron chi connectivity index (χ2n) is 6.80. The van der Waals surface area contributed by atoms with E-state index in [4.69, 9.17) is 23.2 Å². The van der Waals surface area contributed by atoms with Crippen molar-refractivity contribution in [3.05, 3.63) is 45.8 Å². The number of aromatic nitrogens is 2. The van der Waals surface area contributed by atoms with Gasteiger partial charge in [-0.15, -0.1) is 0 Å². The van der Waals surface area contributed by atoms with Gasteiger partial charge in [-0.25, -0.2) is 14.8 Å². The van der Waals surface area contributed by atoms with E-state index in [9.17, 15) is 4.79 Å². The monoisotopic (exact) mass is 407 g/mol. The van der Waals surface area contributed by atoms with Crippen molar-refractivity contribution in [1.82, 2.24) is 14.9 Å². The summed E-state index contributed by atoms with van der Waals surface area (Å²) in [6.45, 7) is 5.57. The molecule has 1 fully saturated rings. The maximum absolute atomic E-state index is 12.6. The van der Waals surface area contributed by atoms with E-state index in [0.29, 0.717) is 15.7 Å². The fraction of sp³-hybridized carbons (Fsp3) is 0.421. The SMILES string of the molecule is Cc1cc(N2CCC(N(C)C(=O)Nc3cc(Cl)ccc3Cl)CC2)nc(C)n1. The third-order valence-corrected chi connectivity index (χ3v) is 5.34. The Kier molecular flexibility index (Phi) is 6.07. The number of amides is 2. The number of hydrogen-bond acceptors (Lipinski definition) is 4. The average molecular weight is 408 g/mol. The second-order valence-corrected chi connectivity index (χ2v) is 7.64. The molecule has 6 nitrogen and oxygen atoms in total. The highest BCUT2D eigenvalue weighted by atomic mass is 35.5. The number of halogens is 2. The normalized spacial score (nSPS) is 14.9. The quantitative estimate of drug-likeness (QED) is 0.811. The molecule has 1 aliphatic rings. The van der Waals surface area contributed by atoms with Crippen LogP contribution in [0.2, 0.25) is 10.0 Å². The van der Waals surface area contributed by atoms with Crippen molar-refractivity contribution < 1.29 is 4.79 Å². The van der Waals surface area contributed by atoms with Gasteiger partial charge in [0.1, 0.15) is 11.6 Å². The Bertz CT molecular complexity index is 817. The minimum atomic E-state index is -0.189. The van der Waals surface area contributed by atoms with Gasteiger partial charge < -0.3 is 15.1 Å². The summed E-state index contributed by atoms with van der Waals surface area (Å²) in [4.78, 5) is 25.4. The first-order chi connectivity index (χ1) is 12.8. The van der Waals surface area contributed by atoms with Crippen LogP contribution in [0.1, 0.15) is 24.4 Å². The highest BCUT2D eigenvalue weighted by Gasteiger charge is 2.26.